The summed E-state index contributed by atoms with van der Waals surface area (Å²) in [6, 6.07) is 12.1. The predicted octanol–water partition coefficient (Wildman–Crippen LogP) is 4.96. The first-order chi connectivity index (χ1) is 11.2. The monoisotopic (exact) mass is 329 g/mol. The highest BCUT2D eigenvalue weighted by Gasteiger charge is 2.25. The molecule has 0 atom stereocenters. The summed E-state index contributed by atoms with van der Waals surface area (Å²) in [6.07, 6.45) is 1.33. The lowest BCUT2D eigenvalue weighted by Gasteiger charge is -2.16. The topological polar surface area (TPSA) is 50.1 Å². The Hall–Kier alpha value is -2.74. The third-order valence-corrected chi connectivity index (χ3v) is 3.48. The van der Waals surface area contributed by atoms with Crippen LogP contribution in [0, 0.1) is 16.7 Å². The number of alkyl halides is 2. The van der Waals surface area contributed by atoms with Crippen molar-refractivity contribution < 1.29 is 18.3 Å². The van der Waals surface area contributed by atoms with Gasteiger partial charge >= 0.3 is 6.61 Å². The number of rotatable bonds is 4. The van der Waals surface area contributed by atoms with E-state index in [4.69, 9.17) is 0 Å². The number of fused-ring (bicyclic) bond motifs is 1. The molecule has 2 aromatic rings. The molecule has 0 unspecified atom stereocenters. The van der Waals surface area contributed by atoms with Crippen LogP contribution in [0.25, 0.3) is 16.8 Å². The molecule has 124 valence electrons. The summed E-state index contributed by atoms with van der Waals surface area (Å²) in [5.74, 6) is -0.431. The Bertz CT molecular complexity index is 843. The van der Waals surface area contributed by atoms with Crippen molar-refractivity contribution in [2.75, 3.05) is 0 Å². The summed E-state index contributed by atoms with van der Waals surface area (Å²) in [7, 11) is 0. The molecule has 0 heterocycles. The fourth-order valence-electron chi connectivity index (χ4n) is 2.32. The molecule has 0 aliphatic rings. The van der Waals surface area contributed by atoms with E-state index in [0.717, 1.165) is 5.39 Å². The molecule has 0 fully saturated rings. The Morgan fingerprint density at radius 3 is 2.46 bits per heavy atom. The molecular formula is C19H17F2NO2. The number of benzene rings is 2. The number of halogens is 2. The molecule has 0 N–H and O–H groups in total. The predicted molar refractivity (Wildman–Crippen MR) is 88.6 cm³/mol. The number of nitrogens with zero attached hydrogens (tertiary/aromatic N) is 1. The van der Waals surface area contributed by atoms with Crippen molar-refractivity contribution in [1.82, 2.24) is 0 Å². The van der Waals surface area contributed by atoms with Crippen molar-refractivity contribution in [2.24, 2.45) is 5.41 Å². The van der Waals surface area contributed by atoms with Crippen LogP contribution in [0.4, 0.5) is 8.78 Å². The van der Waals surface area contributed by atoms with Gasteiger partial charge in [-0.1, -0.05) is 51.1 Å². The van der Waals surface area contributed by atoms with Crippen molar-refractivity contribution >= 4 is 22.6 Å². The Morgan fingerprint density at radius 2 is 1.88 bits per heavy atom. The van der Waals surface area contributed by atoms with Crippen molar-refractivity contribution in [2.45, 2.75) is 27.4 Å². The van der Waals surface area contributed by atoms with E-state index in [2.05, 4.69) is 4.74 Å². The minimum Gasteiger partial charge on any atom is -0.434 e. The van der Waals surface area contributed by atoms with Gasteiger partial charge in [0.1, 0.15) is 11.8 Å². The van der Waals surface area contributed by atoms with Crippen LogP contribution in [0.2, 0.25) is 0 Å². The van der Waals surface area contributed by atoms with Crippen LogP contribution in [-0.4, -0.2) is 12.4 Å². The quantitative estimate of drug-likeness (QED) is 0.588. The van der Waals surface area contributed by atoms with Gasteiger partial charge in [0.25, 0.3) is 0 Å². The second kappa shape index (κ2) is 6.79. The molecule has 3 nitrogen and oxygen atoms in total. The largest absolute Gasteiger partial charge is 0.434 e. The van der Waals surface area contributed by atoms with E-state index in [-0.39, 0.29) is 17.1 Å². The smallest absolute Gasteiger partial charge is 0.387 e. The van der Waals surface area contributed by atoms with Crippen molar-refractivity contribution in [1.29, 1.82) is 5.26 Å². The van der Waals surface area contributed by atoms with Crippen LogP contribution in [0.15, 0.2) is 42.0 Å². The summed E-state index contributed by atoms with van der Waals surface area (Å²) >= 11 is 0. The molecule has 0 aromatic heterocycles. The van der Waals surface area contributed by atoms with Gasteiger partial charge in [0.2, 0.25) is 0 Å². The summed E-state index contributed by atoms with van der Waals surface area (Å²) in [5, 5.41) is 10.8. The molecule has 0 spiro atoms. The van der Waals surface area contributed by atoms with Gasteiger partial charge in [-0.15, -0.1) is 0 Å². The van der Waals surface area contributed by atoms with Gasteiger partial charge < -0.3 is 4.74 Å². The second-order valence-corrected chi connectivity index (χ2v) is 6.33. The van der Waals surface area contributed by atoms with Gasteiger partial charge in [0.05, 0.1) is 5.57 Å². The Balaban J connectivity index is 2.70. The second-order valence-electron chi connectivity index (χ2n) is 6.33. The van der Waals surface area contributed by atoms with Crippen molar-refractivity contribution in [3.63, 3.8) is 0 Å². The van der Waals surface area contributed by atoms with Gasteiger partial charge in [-0.25, -0.2) is 0 Å². The normalized spacial score (nSPS) is 12.3. The summed E-state index contributed by atoms with van der Waals surface area (Å²) in [6.45, 7) is 2.09. The highest BCUT2D eigenvalue weighted by atomic mass is 19.3. The number of carbonyl (C=O) groups is 1. The first kappa shape index (κ1) is 17.6. The third kappa shape index (κ3) is 3.77. The number of hydrogen-bond donors (Lipinski definition) is 0. The van der Waals surface area contributed by atoms with Crippen LogP contribution >= 0.6 is 0 Å². The zero-order valence-electron chi connectivity index (χ0n) is 13.6. The summed E-state index contributed by atoms with van der Waals surface area (Å²) in [5.41, 5.74) is -0.559. The van der Waals surface area contributed by atoms with Gasteiger partial charge in [-0.05, 0) is 22.9 Å². The maximum Gasteiger partial charge on any atom is 0.387 e. The van der Waals surface area contributed by atoms with E-state index in [1.807, 2.05) is 18.2 Å². The fourth-order valence-corrected chi connectivity index (χ4v) is 2.32. The Labute approximate surface area is 139 Å². The van der Waals surface area contributed by atoms with Gasteiger partial charge in [0, 0.05) is 11.0 Å². The Kier molecular flexibility index (Phi) is 4.99. The zero-order valence-corrected chi connectivity index (χ0v) is 13.6. The molecule has 24 heavy (non-hydrogen) atoms. The summed E-state index contributed by atoms with van der Waals surface area (Å²) < 4.78 is 30.0. The van der Waals surface area contributed by atoms with Crippen molar-refractivity contribution in [3.8, 4) is 11.8 Å². The van der Waals surface area contributed by atoms with Crippen LogP contribution in [0.3, 0.4) is 0 Å². The SMILES string of the molecule is CC(C)(C)C(=O)/C(C#N)=C/c1c(OC(F)F)ccc2ccccc12. The standard InChI is InChI=1S/C19H17F2NO2/c1-19(2,3)17(23)13(11-22)10-15-14-7-5-4-6-12(14)8-9-16(15)24-18(20)21/h4-10,18H,1-3H3/b13-10+. The molecule has 2 rings (SSSR count). The van der Waals surface area contributed by atoms with E-state index in [1.165, 1.54) is 12.1 Å². The van der Waals surface area contributed by atoms with E-state index in [0.29, 0.717) is 10.9 Å². The van der Waals surface area contributed by atoms with Crippen LogP contribution in [0.1, 0.15) is 26.3 Å². The third-order valence-electron chi connectivity index (χ3n) is 3.48. The van der Waals surface area contributed by atoms with E-state index < -0.39 is 12.0 Å². The van der Waals surface area contributed by atoms with Gasteiger partial charge in [-0.3, -0.25) is 4.79 Å². The first-order valence-corrected chi connectivity index (χ1v) is 7.37. The van der Waals surface area contributed by atoms with Crippen LogP contribution < -0.4 is 4.74 Å². The maximum atomic E-state index is 12.7. The van der Waals surface area contributed by atoms with E-state index in [1.54, 1.807) is 39.0 Å². The van der Waals surface area contributed by atoms with Gasteiger partial charge in [0.15, 0.2) is 5.78 Å². The highest BCUT2D eigenvalue weighted by molar-refractivity contribution is 6.08. The molecule has 0 saturated heterocycles. The number of ether oxygens (including phenoxy) is 1. The summed E-state index contributed by atoms with van der Waals surface area (Å²) in [4.78, 5) is 12.4. The lowest BCUT2D eigenvalue weighted by molar-refractivity contribution is -0.121. The van der Waals surface area contributed by atoms with Gasteiger partial charge in [-0.2, -0.15) is 14.0 Å². The average molecular weight is 329 g/mol. The molecule has 0 amide bonds. The number of nitriles is 1. The number of hydrogen-bond acceptors (Lipinski definition) is 3. The molecule has 0 aliphatic carbocycles. The minimum absolute atomic E-state index is 0.0711. The lowest BCUT2D eigenvalue weighted by Crippen LogP contribution is -2.21. The zero-order chi connectivity index (χ0) is 17.9. The fraction of sp³-hybridized carbons (Fsp3) is 0.263. The first-order valence-electron chi connectivity index (χ1n) is 7.37. The van der Waals surface area contributed by atoms with Crippen molar-refractivity contribution in [3.05, 3.63) is 47.5 Å². The number of carbonyl (C=O) groups excluding carboxylic acids is 1. The molecule has 0 bridgehead atoms. The average Bonchev–Trinajstić information content (AvgIpc) is 2.52. The minimum atomic E-state index is -3.00. The van der Waals surface area contributed by atoms with Crippen LogP contribution in [0.5, 0.6) is 5.75 Å². The Morgan fingerprint density at radius 1 is 1.21 bits per heavy atom. The molecular weight excluding hydrogens is 312 g/mol. The molecule has 2 aromatic carbocycles. The van der Waals surface area contributed by atoms with E-state index in [9.17, 15) is 18.8 Å². The van der Waals surface area contributed by atoms with Crippen LogP contribution in [-0.2, 0) is 4.79 Å². The van der Waals surface area contributed by atoms with E-state index >= 15 is 0 Å². The number of Topliss-reactive ketones (excluding diaryl/α,β-unsaturated/α-hetero) is 1. The maximum absolute atomic E-state index is 12.7. The molecule has 5 heteroatoms. The number of ketones is 1. The highest BCUT2D eigenvalue weighted by Crippen LogP contribution is 2.32. The lowest BCUT2D eigenvalue weighted by atomic mass is 9.85. The number of allylic oxidation sites excluding steroid dienone is 1. The molecule has 0 radical (unpaired) electrons. The molecule has 0 aliphatic heterocycles. The molecule has 0 saturated carbocycles.